The molecule has 3 aromatic rings. The molecule has 0 heterocycles. The first-order chi connectivity index (χ1) is 17.3. The molecule has 3 aromatic carbocycles. The number of benzene rings is 3. The molecule has 1 amide bonds. The molecule has 0 aromatic heterocycles. The third-order valence-electron chi connectivity index (χ3n) is 5.85. The second-order valence-electron chi connectivity index (χ2n) is 8.70. The lowest BCUT2D eigenvalue weighted by atomic mass is 10.1. The average molecular weight is 546 g/mol. The number of aryl methyl sites for hydroxylation is 2. The van der Waals surface area contributed by atoms with Gasteiger partial charge in [0.15, 0.2) is 0 Å². The molecule has 0 unspecified atom stereocenters. The van der Waals surface area contributed by atoms with Gasteiger partial charge in [-0.25, -0.2) is 21.1 Å². The van der Waals surface area contributed by atoms with E-state index in [9.17, 15) is 21.6 Å². The van der Waals surface area contributed by atoms with Crippen LogP contribution in [0, 0.1) is 20.8 Å². The average Bonchev–Trinajstić information content (AvgIpc) is 2.84. The Morgan fingerprint density at radius 2 is 1.57 bits per heavy atom. The maximum atomic E-state index is 13.1. The van der Waals surface area contributed by atoms with E-state index in [0.29, 0.717) is 17.0 Å². The highest BCUT2D eigenvalue weighted by atomic mass is 32.2. The van der Waals surface area contributed by atoms with E-state index in [1.54, 1.807) is 31.2 Å². The zero-order chi connectivity index (χ0) is 27.4. The number of ether oxygens (including phenoxy) is 1. The van der Waals surface area contributed by atoms with Crippen molar-refractivity contribution < 1.29 is 26.4 Å². The summed E-state index contributed by atoms with van der Waals surface area (Å²) in [6.07, 6.45) is 0. The molecule has 0 saturated carbocycles. The molecule has 37 heavy (non-hydrogen) atoms. The molecular formula is C26H31N3O6S2. The summed E-state index contributed by atoms with van der Waals surface area (Å²) in [7, 11) is -4.54. The van der Waals surface area contributed by atoms with Crippen LogP contribution in [0.5, 0.6) is 5.75 Å². The Morgan fingerprint density at radius 3 is 2.22 bits per heavy atom. The van der Waals surface area contributed by atoms with Crippen LogP contribution in [-0.2, 0) is 20.0 Å². The summed E-state index contributed by atoms with van der Waals surface area (Å²) in [4.78, 5) is 12.8. The number of sulfonamides is 2. The number of hydrogen-bond acceptors (Lipinski definition) is 6. The molecule has 3 rings (SSSR count). The lowest BCUT2D eigenvalue weighted by molar-refractivity contribution is 0.0946. The van der Waals surface area contributed by atoms with Gasteiger partial charge in [-0.2, -0.15) is 0 Å². The minimum atomic E-state index is -3.92. The van der Waals surface area contributed by atoms with E-state index < -0.39 is 26.0 Å². The summed E-state index contributed by atoms with van der Waals surface area (Å²) in [6, 6.07) is 15.9. The molecule has 9 nitrogen and oxygen atoms in total. The van der Waals surface area contributed by atoms with Crippen molar-refractivity contribution >= 4 is 31.6 Å². The van der Waals surface area contributed by atoms with Crippen molar-refractivity contribution in [1.82, 2.24) is 9.62 Å². The van der Waals surface area contributed by atoms with Crippen molar-refractivity contribution in [3.05, 3.63) is 82.9 Å². The zero-order valence-corrected chi connectivity index (χ0v) is 23.0. The molecule has 2 N–H and O–H groups in total. The van der Waals surface area contributed by atoms with Crippen molar-refractivity contribution in [3.63, 3.8) is 0 Å². The smallest absolute Gasteiger partial charge is 0.262 e. The number of carbonyl (C=O) groups is 1. The van der Waals surface area contributed by atoms with Crippen molar-refractivity contribution in [3.8, 4) is 5.75 Å². The molecule has 0 atom stereocenters. The third-order valence-corrected chi connectivity index (χ3v) is 9.18. The summed E-state index contributed by atoms with van der Waals surface area (Å²) in [5, 5.41) is 2.70. The fourth-order valence-corrected chi connectivity index (χ4v) is 5.74. The van der Waals surface area contributed by atoms with Crippen LogP contribution >= 0.6 is 0 Å². The second-order valence-corrected chi connectivity index (χ2v) is 12.5. The van der Waals surface area contributed by atoms with E-state index in [0.717, 1.165) is 15.4 Å². The van der Waals surface area contributed by atoms with E-state index in [2.05, 4.69) is 10.0 Å². The van der Waals surface area contributed by atoms with Crippen LogP contribution in [0.2, 0.25) is 0 Å². The van der Waals surface area contributed by atoms with Gasteiger partial charge in [-0.05, 0) is 79.9 Å². The highest BCUT2D eigenvalue weighted by Gasteiger charge is 2.20. The summed E-state index contributed by atoms with van der Waals surface area (Å²) in [6.45, 7) is 5.70. The predicted octanol–water partition coefficient (Wildman–Crippen LogP) is 3.47. The Hall–Kier alpha value is -3.41. The Labute approximate surface area is 218 Å². The first kappa shape index (κ1) is 28.2. The standard InChI is InChI=1S/C26H31N3O6S2/c1-18-7-6-8-24(20(18)3)28-36(31,32)25-17-21(10-9-19(25)2)26(30)27-15-16-35-22-11-13-23(14-12-22)37(33,34)29(4)5/h6-14,17,28H,15-16H2,1-5H3,(H,27,30). The zero-order valence-electron chi connectivity index (χ0n) is 21.4. The maximum Gasteiger partial charge on any atom is 0.262 e. The topological polar surface area (TPSA) is 122 Å². The van der Waals surface area contributed by atoms with Gasteiger partial charge < -0.3 is 10.1 Å². The summed E-state index contributed by atoms with van der Waals surface area (Å²) < 4.78 is 59.8. The van der Waals surface area contributed by atoms with Gasteiger partial charge in [-0.15, -0.1) is 0 Å². The Balaban J connectivity index is 1.62. The van der Waals surface area contributed by atoms with E-state index in [1.807, 2.05) is 19.9 Å². The molecular weight excluding hydrogens is 514 g/mol. The van der Waals surface area contributed by atoms with E-state index in [4.69, 9.17) is 4.74 Å². The van der Waals surface area contributed by atoms with Crippen LogP contribution in [0.25, 0.3) is 0 Å². The van der Waals surface area contributed by atoms with E-state index in [1.165, 1.54) is 44.4 Å². The molecule has 0 aliphatic carbocycles. The van der Waals surface area contributed by atoms with Gasteiger partial charge in [0.1, 0.15) is 12.4 Å². The van der Waals surface area contributed by atoms with E-state index >= 15 is 0 Å². The molecule has 0 fully saturated rings. The Morgan fingerprint density at radius 1 is 0.892 bits per heavy atom. The summed E-state index contributed by atoms with van der Waals surface area (Å²) in [5.74, 6) is 0.00685. The van der Waals surface area contributed by atoms with Crippen LogP contribution in [0.1, 0.15) is 27.0 Å². The fraction of sp³-hybridized carbons (Fsp3) is 0.269. The third kappa shape index (κ3) is 6.68. The number of nitrogens with one attached hydrogen (secondary N) is 2. The lowest BCUT2D eigenvalue weighted by Gasteiger charge is -2.15. The number of carbonyl (C=O) groups excluding carboxylic acids is 1. The quantitative estimate of drug-likeness (QED) is 0.376. The van der Waals surface area contributed by atoms with Crippen LogP contribution < -0.4 is 14.8 Å². The molecule has 0 spiro atoms. The fourth-order valence-electron chi connectivity index (χ4n) is 3.45. The molecule has 198 valence electrons. The van der Waals surface area contributed by atoms with Gasteiger partial charge in [-0.1, -0.05) is 18.2 Å². The van der Waals surface area contributed by atoms with Gasteiger partial charge in [-0.3, -0.25) is 9.52 Å². The Kier molecular flexibility index (Phi) is 8.62. The van der Waals surface area contributed by atoms with Crippen LogP contribution in [0.15, 0.2) is 70.5 Å². The molecule has 0 aliphatic rings. The molecule has 0 saturated heterocycles. The van der Waals surface area contributed by atoms with Crippen LogP contribution in [0.3, 0.4) is 0 Å². The predicted molar refractivity (Wildman–Crippen MR) is 143 cm³/mol. The highest BCUT2D eigenvalue weighted by Crippen LogP contribution is 2.24. The highest BCUT2D eigenvalue weighted by molar-refractivity contribution is 7.92. The molecule has 11 heteroatoms. The SMILES string of the molecule is Cc1ccc(C(=O)NCCOc2ccc(S(=O)(=O)N(C)C)cc2)cc1S(=O)(=O)Nc1cccc(C)c1C. The summed E-state index contributed by atoms with van der Waals surface area (Å²) in [5.41, 5.74) is 2.98. The maximum absolute atomic E-state index is 13.1. The summed E-state index contributed by atoms with van der Waals surface area (Å²) >= 11 is 0. The Bertz CT molecular complexity index is 1500. The number of rotatable bonds is 10. The normalized spacial score (nSPS) is 11.8. The van der Waals surface area contributed by atoms with Gasteiger partial charge in [0.2, 0.25) is 10.0 Å². The largest absolute Gasteiger partial charge is 0.492 e. The second kappa shape index (κ2) is 11.3. The lowest BCUT2D eigenvalue weighted by Crippen LogP contribution is -2.28. The first-order valence-electron chi connectivity index (χ1n) is 11.5. The van der Waals surface area contributed by atoms with Crippen LogP contribution in [0.4, 0.5) is 5.69 Å². The van der Waals surface area contributed by atoms with Gasteiger partial charge >= 0.3 is 0 Å². The number of amides is 1. The van der Waals surface area contributed by atoms with Crippen LogP contribution in [-0.4, -0.2) is 54.3 Å². The van der Waals surface area contributed by atoms with Crippen molar-refractivity contribution in [2.24, 2.45) is 0 Å². The first-order valence-corrected chi connectivity index (χ1v) is 14.4. The van der Waals surface area contributed by atoms with Gasteiger partial charge in [0.05, 0.1) is 22.0 Å². The van der Waals surface area contributed by atoms with Crippen molar-refractivity contribution in [2.45, 2.75) is 30.6 Å². The molecule has 0 aliphatic heterocycles. The van der Waals surface area contributed by atoms with Gasteiger partial charge in [0.25, 0.3) is 15.9 Å². The number of anilines is 1. The number of nitrogens with zero attached hydrogens (tertiary/aromatic N) is 1. The minimum Gasteiger partial charge on any atom is -0.492 e. The minimum absolute atomic E-state index is 0.0186. The molecule has 0 bridgehead atoms. The van der Waals surface area contributed by atoms with Crippen molar-refractivity contribution in [2.75, 3.05) is 32.0 Å². The molecule has 0 radical (unpaired) electrons. The van der Waals surface area contributed by atoms with Crippen molar-refractivity contribution in [1.29, 1.82) is 0 Å². The van der Waals surface area contributed by atoms with Gasteiger partial charge in [0, 0.05) is 19.7 Å². The van der Waals surface area contributed by atoms with E-state index in [-0.39, 0.29) is 28.5 Å². The number of hydrogen-bond donors (Lipinski definition) is 2. The monoisotopic (exact) mass is 545 g/mol.